The number of hydrogen-bond donors (Lipinski definition) is 2. The van der Waals surface area contributed by atoms with E-state index in [1.165, 1.54) is 0 Å². The third kappa shape index (κ3) is 5.26. The van der Waals surface area contributed by atoms with E-state index < -0.39 is 5.97 Å². The van der Waals surface area contributed by atoms with Crippen LogP contribution in [0.4, 0.5) is 17.5 Å². The average molecular weight is 512 g/mol. The van der Waals surface area contributed by atoms with Crippen LogP contribution in [-0.4, -0.2) is 63.5 Å². The molecular weight excluding hydrogens is 489 g/mol. The number of rotatable bonds is 7. The fourth-order valence-electron chi connectivity index (χ4n) is 4.02. The van der Waals surface area contributed by atoms with E-state index >= 15 is 0 Å². The van der Waals surface area contributed by atoms with Crippen LogP contribution >= 0.6 is 23.2 Å². The maximum Gasteiger partial charge on any atom is 0.305 e. The molecule has 3 heterocycles. The minimum Gasteiger partial charge on any atom is -0.481 e. The smallest absolute Gasteiger partial charge is 0.305 e. The summed E-state index contributed by atoms with van der Waals surface area (Å²) >= 11 is 12.3. The number of aromatic nitrogens is 4. The van der Waals surface area contributed by atoms with Crippen LogP contribution < -0.4 is 15.1 Å². The van der Waals surface area contributed by atoms with Gasteiger partial charge in [-0.3, -0.25) is 4.79 Å². The molecule has 0 radical (unpaired) electrons. The molecule has 0 unspecified atom stereocenters. The van der Waals surface area contributed by atoms with Crippen molar-refractivity contribution < 1.29 is 9.90 Å². The summed E-state index contributed by atoms with van der Waals surface area (Å²) in [6, 6.07) is 15.4. The Kier molecular flexibility index (Phi) is 6.61. The third-order valence-electron chi connectivity index (χ3n) is 5.84. The molecule has 11 heteroatoms. The van der Waals surface area contributed by atoms with E-state index in [2.05, 4.69) is 30.2 Å². The third-order valence-corrected chi connectivity index (χ3v) is 6.58. The molecule has 2 aromatic heterocycles. The Hall–Kier alpha value is -3.56. The Morgan fingerprint density at radius 2 is 1.69 bits per heavy atom. The second-order valence-electron chi connectivity index (χ2n) is 8.18. The van der Waals surface area contributed by atoms with Gasteiger partial charge in [0.15, 0.2) is 5.82 Å². The van der Waals surface area contributed by atoms with Gasteiger partial charge in [0.05, 0.1) is 22.0 Å². The van der Waals surface area contributed by atoms with Crippen molar-refractivity contribution in [2.45, 2.75) is 6.42 Å². The van der Waals surface area contributed by atoms with Gasteiger partial charge in [0.2, 0.25) is 5.95 Å². The highest BCUT2D eigenvalue weighted by atomic mass is 35.5. The van der Waals surface area contributed by atoms with Crippen LogP contribution in [0.25, 0.3) is 16.7 Å². The zero-order valence-corrected chi connectivity index (χ0v) is 20.2. The summed E-state index contributed by atoms with van der Waals surface area (Å²) in [5.74, 6) is 0.841. The van der Waals surface area contributed by atoms with Gasteiger partial charge in [-0.25, -0.2) is 4.68 Å². The lowest BCUT2D eigenvalue weighted by Gasteiger charge is -2.37. The molecule has 0 atom stereocenters. The minimum absolute atomic E-state index is 0.0309. The van der Waals surface area contributed by atoms with E-state index in [9.17, 15) is 4.79 Å². The number of carbonyl (C=O) groups is 1. The van der Waals surface area contributed by atoms with Gasteiger partial charge in [0.25, 0.3) is 0 Å². The van der Waals surface area contributed by atoms with Crippen molar-refractivity contribution in [2.24, 2.45) is 0 Å². The Bertz CT molecular complexity index is 1340. The Morgan fingerprint density at radius 3 is 2.43 bits per heavy atom. The zero-order valence-electron chi connectivity index (χ0n) is 18.7. The predicted molar refractivity (Wildman–Crippen MR) is 138 cm³/mol. The van der Waals surface area contributed by atoms with Gasteiger partial charge in [-0.15, -0.1) is 0 Å². The Morgan fingerprint density at radius 1 is 0.943 bits per heavy atom. The standard InChI is InChI=1S/C24H23Cl2N7O2/c25-18-6-5-17(13-19(18)26)31-9-11-32(12-10-31)21-14-22(29-24(28-21)27-8-7-23(34)35)33-15-16-3-1-2-4-20(16)30-33/h1-6,13-15H,7-12H2,(H,34,35)(H,27,28,29). The van der Waals surface area contributed by atoms with Crippen molar-refractivity contribution in [1.82, 2.24) is 19.7 Å². The zero-order chi connectivity index (χ0) is 24.4. The van der Waals surface area contributed by atoms with Crippen LogP contribution in [0.15, 0.2) is 54.7 Å². The molecule has 9 nitrogen and oxygen atoms in total. The second-order valence-corrected chi connectivity index (χ2v) is 9.00. The largest absolute Gasteiger partial charge is 0.481 e. The first kappa shape index (κ1) is 23.2. The highest BCUT2D eigenvalue weighted by Gasteiger charge is 2.21. The maximum atomic E-state index is 11.0. The molecule has 5 rings (SSSR count). The number of carboxylic acid groups (broad SMARTS) is 1. The number of nitrogens with one attached hydrogen (secondary N) is 1. The predicted octanol–water partition coefficient (Wildman–Crippen LogP) is 4.34. The van der Waals surface area contributed by atoms with E-state index in [4.69, 9.17) is 28.3 Å². The number of fused-ring (bicyclic) bond motifs is 1. The number of carboxylic acids is 1. The molecule has 0 amide bonds. The topological polar surface area (TPSA) is 99.4 Å². The van der Waals surface area contributed by atoms with Gasteiger partial charge >= 0.3 is 5.97 Å². The molecule has 1 aliphatic rings. The summed E-state index contributed by atoms with van der Waals surface area (Å²) in [7, 11) is 0. The van der Waals surface area contributed by atoms with Crippen LogP contribution in [0.2, 0.25) is 10.0 Å². The number of hydrogen-bond acceptors (Lipinski definition) is 7. The van der Waals surface area contributed by atoms with Crippen LogP contribution in [0.1, 0.15) is 6.42 Å². The van der Waals surface area contributed by atoms with E-state index in [-0.39, 0.29) is 13.0 Å². The highest BCUT2D eigenvalue weighted by Crippen LogP contribution is 2.28. The fraction of sp³-hybridized carbons (Fsp3) is 0.250. The molecule has 0 saturated carbocycles. The molecule has 0 spiro atoms. The van der Waals surface area contributed by atoms with Gasteiger partial charge in [0, 0.05) is 56.1 Å². The first-order chi connectivity index (χ1) is 17.0. The van der Waals surface area contributed by atoms with E-state index in [0.29, 0.717) is 21.8 Å². The number of benzene rings is 2. The number of halogens is 2. The van der Waals surface area contributed by atoms with Gasteiger partial charge in [-0.1, -0.05) is 41.4 Å². The summed E-state index contributed by atoms with van der Waals surface area (Å²) in [6.45, 7) is 3.28. The molecule has 2 N–H and O–H groups in total. The number of anilines is 3. The monoisotopic (exact) mass is 511 g/mol. The SMILES string of the molecule is O=C(O)CCNc1nc(N2CCN(c3ccc(Cl)c(Cl)c3)CC2)cc(-n2cc3ccccc3n2)n1. The molecular formula is C24H23Cl2N7O2. The Labute approximate surface area is 211 Å². The molecule has 1 fully saturated rings. The minimum atomic E-state index is -0.884. The van der Waals surface area contributed by atoms with Crippen molar-refractivity contribution >= 4 is 57.5 Å². The molecule has 180 valence electrons. The molecule has 0 bridgehead atoms. The van der Waals surface area contributed by atoms with Crippen molar-refractivity contribution in [3.63, 3.8) is 0 Å². The van der Waals surface area contributed by atoms with E-state index in [0.717, 1.165) is 48.6 Å². The fourth-order valence-corrected chi connectivity index (χ4v) is 4.31. The summed E-state index contributed by atoms with van der Waals surface area (Å²) in [5, 5.41) is 18.7. The summed E-state index contributed by atoms with van der Waals surface area (Å²) in [4.78, 5) is 24.7. The number of aliphatic carboxylic acids is 1. The quantitative estimate of drug-likeness (QED) is 0.378. The van der Waals surface area contributed by atoms with Crippen LogP contribution in [0, 0.1) is 0 Å². The molecule has 1 aliphatic heterocycles. The Balaban J connectivity index is 1.39. The second kappa shape index (κ2) is 9.97. The molecule has 2 aromatic carbocycles. The van der Waals surface area contributed by atoms with Crippen LogP contribution in [0.5, 0.6) is 0 Å². The lowest BCUT2D eigenvalue weighted by atomic mass is 10.2. The van der Waals surface area contributed by atoms with Crippen molar-refractivity contribution in [1.29, 1.82) is 0 Å². The van der Waals surface area contributed by atoms with Gasteiger partial charge in [0.1, 0.15) is 5.82 Å². The molecule has 35 heavy (non-hydrogen) atoms. The molecule has 4 aromatic rings. The first-order valence-corrected chi connectivity index (χ1v) is 12.0. The van der Waals surface area contributed by atoms with E-state index in [1.807, 2.05) is 54.7 Å². The average Bonchev–Trinajstić information content (AvgIpc) is 3.30. The summed E-state index contributed by atoms with van der Waals surface area (Å²) in [6.07, 6.45) is 1.89. The van der Waals surface area contributed by atoms with Crippen LogP contribution in [0.3, 0.4) is 0 Å². The van der Waals surface area contributed by atoms with Gasteiger partial charge in [-0.2, -0.15) is 15.1 Å². The van der Waals surface area contributed by atoms with Crippen molar-refractivity contribution in [3.8, 4) is 5.82 Å². The molecule has 0 aliphatic carbocycles. The van der Waals surface area contributed by atoms with Gasteiger partial charge in [-0.05, 0) is 24.3 Å². The number of nitrogens with zero attached hydrogens (tertiary/aromatic N) is 6. The first-order valence-electron chi connectivity index (χ1n) is 11.2. The number of piperazine rings is 1. The lowest BCUT2D eigenvalue weighted by molar-refractivity contribution is -0.136. The lowest BCUT2D eigenvalue weighted by Crippen LogP contribution is -2.47. The summed E-state index contributed by atoms with van der Waals surface area (Å²) < 4.78 is 1.73. The summed E-state index contributed by atoms with van der Waals surface area (Å²) in [5.41, 5.74) is 1.89. The van der Waals surface area contributed by atoms with Crippen molar-refractivity contribution in [2.75, 3.05) is 47.8 Å². The normalized spacial score (nSPS) is 13.9. The van der Waals surface area contributed by atoms with E-state index in [1.54, 1.807) is 4.68 Å². The van der Waals surface area contributed by atoms with Crippen molar-refractivity contribution in [3.05, 3.63) is 64.8 Å². The van der Waals surface area contributed by atoms with Crippen LogP contribution in [-0.2, 0) is 4.79 Å². The maximum absolute atomic E-state index is 11.0. The highest BCUT2D eigenvalue weighted by molar-refractivity contribution is 6.42. The molecule has 1 saturated heterocycles. The van der Waals surface area contributed by atoms with Gasteiger partial charge < -0.3 is 20.2 Å².